The lowest BCUT2D eigenvalue weighted by molar-refractivity contribution is 0.0600. The second-order valence-electron chi connectivity index (χ2n) is 3.74. The third-order valence-electron chi connectivity index (χ3n) is 2.42. The molecule has 0 radical (unpaired) electrons. The van der Waals surface area contributed by atoms with Crippen molar-refractivity contribution < 1.29 is 14.6 Å². The summed E-state index contributed by atoms with van der Waals surface area (Å²) in [4.78, 5) is 11.2. The van der Waals surface area contributed by atoms with E-state index in [-0.39, 0.29) is 12.6 Å². The van der Waals surface area contributed by atoms with Crippen LogP contribution in [0.5, 0.6) is 0 Å². The van der Waals surface area contributed by atoms with Gasteiger partial charge in [0.05, 0.1) is 12.7 Å². The minimum absolute atomic E-state index is 0.252. The van der Waals surface area contributed by atoms with Crippen molar-refractivity contribution in [3.63, 3.8) is 0 Å². The Bertz CT molecular complexity index is 366. The second kappa shape index (κ2) is 7.63. The van der Waals surface area contributed by atoms with E-state index < -0.39 is 0 Å². The molecule has 92 valence electrons. The van der Waals surface area contributed by atoms with Gasteiger partial charge in [-0.05, 0) is 37.0 Å². The van der Waals surface area contributed by atoms with E-state index in [2.05, 4.69) is 10.8 Å². The zero-order valence-corrected chi connectivity index (χ0v) is 10.1. The van der Waals surface area contributed by atoms with Gasteiger partial charge >= 0.3 is 5.97 Å². The lowest BCUT2D eigenvalue weighted by Crippen LogP contribution is -2.00. The predicted molar refractivity (Wildman–Crippen MR) is 67.8 cm³/mol. The summed E-state index contributed by atoms with van der Waals surface area (Å²) in [5.74, 6) is -0.316. The molecule has 0 unspecified atom stereocenters. The fourth-order valence-electron chi connectivity index (χ4n) is 1.44. The fourth-order valence-corrected chi connectivity index (χ4v) is 1.44. The third-order valence-corrected chi connectivity index (χ3v) is 2.42. The van der Waals surface area contributed by atoms with Crippen LogP contribution in [-0.2, 0) is 4.74 Å². The molecule has 1 aromatic rings. The van der Waals surface area contributed by atoms with E-state index in [9.17, 15) is 4.79 Å². The minimum atomic E-state index is -0.316. The number of methoxy groups -OCH3 is 1. The van der Waals surface area contributed by atoms with Crippen molar-refractivity contribution in [2.75, 3.05) is 13.7 Å². The van der Waals surface area contributed by atoms with Crippen molar-refractivity contribution in [1.29, 1.82) is 0 Å². The van der Waals surface area contributed by atoms with Gasteiger partial charge < -0.3 is 9.84 Å². The van der Waals surface area contributed by atoms with E-state index in [1.807, 2.05) is 18.2 Å². The van der Waals surface area contributed by atoms with Gasteiger partial charge in [0.2, 0.25) is 0 Å². The average molecular weight is 234 g/mol. The fraction of sp³-hybridized carbons (Fsp3) is 0.357. The van der Waals surface area contributed by atoms with Gasteiger partial charge in [0.15, 0.2) is 0 Å². The summed E-state index contributed by atoms with van der Waals surface area (Å²) < 4.78 is 4.62. The van der Waals surface area contributed by atoms with Crippen molar-refractivity contribution in [2.45, 2.75) is 19.3 Å². The largest absolute Gasteiger partial charge is 0.465 e. The molecule has 1 rings (SSSR count). The van der Waals surface area contributed by atoms with Crippen LogP contribution < -0.4 is 0 Å². The second-order valence-corrected chi connectivity index (χ2v) is 3.74. The lowest BCUT2D eigenvalue weighted by atomic mass is 10.1. The van der Waals surface area contributed by atoms with E-state index in [4.69, 9.17) is 5.11 Å². The van der Waals surface area contributed by atoms with Crippen LogP contribution in [0.1, 0.15) is 35.2 Å². The molecule has 0 aromatic heterocycles. The van der Waals surface area contributed by atoms with Gasteiger partial charge in [0.25, 0.3) is 0 Å². The molecule has 0 amide bonds. The van der Waals surface area contributed by atoms with Crippen molar-refractivity contribution >= 4 is 12.0 Å². The maximum atomic E-state index is 11.2. The molecule has 0 aliphatic carbocycles. The number of benzene rings is 1. The number of carbonyl (C=O) groups is 1. The van der Waals surface area contributed by atoms with Gasteiger partial charge in [-0.25, -0.2) is 4.79 Å². The van der Waals surface area contributed by atoms with E-state index >= 15 is 0 Å². The Kier molecular flexibility index (Phi) is 6.04. The van der Waals surface area contributed by atoms with E-state index in [1.165, 1.54) is 7.11 Å². The van der Waals surface area contributed by atoms with Gasteiger partial charge in [-0.15, -0.1) is 0 Å². The topological polar surface area (TPSA) is 46.5 Å². The van der Waals surface area contributed by atoms with Crippen LogP contribution in [0.3, 0.4) is 0 Å². The van der Waals surface area contributed by atoms with Crippen LogP contribution in [0.25, 0.3) is 6.08 Å². The maximum Gasteiger partial charge on any atom is 0.337 e. The molecule has 0 bridgehead atoms. The predicted octanol–water partition coefficient (Wildman–Crippen LogP) is 2.65. The molecule has 0 heterocycles. The normalized spacial score (nSPS) is 10.7. The smallest absolute Gasteiger partial charge is 0.337 e. The molecule has 1 aromatic carbocycles. The number of carbonyl (C=O) groups excluding carboxylic acids is 1. The average Bonchev–Trinajstić information content (AvgIpc) is 2.38. The van der Waals surface area contributed by atoms with Gasteiger partial charge in [0, 0.05) is 6.61 Å². The Morgan fingerprint density at radius 2 is 2.00 bits per heavy atom. The summed E-state index contributed by atoms with van der Waals surface area (Å²) in [6.07, 6.45) is 6.87. The number of hydrogen-bond acceptors (Lipinski definition) is 3. The molecule has 0 saturated carbocycles. The van der Waals surface area contributed by atoms with Crippen LogP contribution in [0, 0.1) is 0 Å². The number of ether oxygens (including phenoxy) is 1. The number of allylic oxidation sites excluding steroid dienone is 1. The summed E-state index contributed by atoms with van der Waals surface area (Å²) in [5, 5.41) is 8.62. The molecule has 0 aliphatic rings. The highest BCUT2D eigenvalue weighted by Crippen LogP contribution is 2.08. The Morgan fingerprint density at radius 3 is 2.59 bits per heavy atom. The van der Waals surface area contributed by atoms with Crippen molar-refractivity contribution in [2.24, 2.45) is 0 Å². The summed E-state index contributed by atoms with van der Waals surface area (Å²) in [5.41, 5.74) is 1.62. The molecule has 0 spiro atoms. The van der Waals surface area contributed by atoms with Crippen LogP contribution in [0.2, 0.25) is 0 Å². The van der Waals surface area contributed by atoms with Crippen molar-refractivity contribution in [3.8, 4) is 0 Å². The summed E-state index contributed by atoms with van der Waals surface area (Å²) in [7, 11) is 1.37. The first-order valence-electron chi connectivity index (χ1n) is 5.73. The summed E-state index contributed by atoms with van der Waals surface area (Å²) >= 11 is 0. The Morgan fingerprint density at radius 1 is 1.29 bits per heavy atom. The highest BCUT2D eigenvalue weighted by molar-refractivity contribution is 5.89. The van der Waals surface area contributed by atoms with Gasteiger partial charge in [-0.3, -0.25) is 0 Å². The van der Waals surface area contributed by atoms with Crippen molar-refractivity contribution in [1.82, 2.24) is 0 Å². The minimum Gasteiger partial charge on any atom is -0.465 e. The van der Waals surface area contributed by atoms with E-state index in [1.54, 1.807) is 12.1 Å². The van der Waals surface area contributed by atoms with E-state index in [0.29, 0.717) is 5.56 Å². The number of aliphatic hydroxyl groups is 1. The number of unbranched alkanes of at least 4 members (excludes halogenated alkanes) is 2. The molecular formula is C14H18O3. The highest BCUT2D eigenvalue weighted by atomic mass is 16.5. The molecule has 3 heteroatoms. The van der Waals surface area contributed by atoms with Crippen LogP contribution >= 0.6 is 0 Å². The summed E-state index contributed by atoms with van der Waals surface area (Å²) in [6.45, 7) is 0.252. The standard InChI is InChI=1S/C14H18O3/c1-17-14(16)13-9-7-12(8-10-13)6-4-2-3-5-11-15/h4,6-10,15H,2-3,5,11H2,1H3. The Balaban J connectivity index is 2.48. The first kappa shape index (κ1) is 13.5. The molecule has 3 nitrogen and oxygen atoms in total. The third kappa shape index (κ3) is 4.83. The molecule has 0 saturated heterocycles. The van der Waals surface area contributed by atoms with Crippen LogP contribution in [-0.4, -0.2) is 24.8 Å². The molecule has 17 heavy (non-hydrogen) atoms. The molecule has 0 atom stereocenters. The molecular weight excluding hydrogens is 216 g/mol. The number of rotatable bonds is 6. The maximum absolute atomic E-state index is 11.2. The Hall–Kier alpha value is -1.61. The van der Waals surface area contributed by atoms with Gasteiger partial charge in [-0.2, -0.15) is 0 Å². The van der Waals surface area contributed by atoms with Crippen LogP contribution in [0.4, 0.5) is 0 Å². The Labute approximate surface area is 102 Å². The number of aliphatic hydroxyl groups excluding tert-OH is 1. The van der Waals surface area contributed by atoms with Gasteiger partial charge in [-0.1, -0.05) is 24.3 Å². The summed E-state index contributed by atoms with van der Waals surface area (Å²) in [6, 6.07) is 7.27. The highest BCUT2D eigenvalue weighted by Gasteiger charge is 2.02. The quantitative estimate of drug-likeness (QED) is 0.608. The van der Waals surface area contributed by atoms with Crippen molar-refractivity contribution in [3.05, 3.63) is 41.5 Å². The molecule has 1 N–H and O–H groups in total. The monoisotopic (exact) mass is 234 g/mol. The molecule has 0 aliphatic heterocycles. The zero-order valence-electron chi connectivity index (χ0n) is 10.1. The van der Waals surface area contributed by atoms with E-state index in [0.717, 1.165) is 24.8 Å². The lowest BCUT2D eigenvalue weighted by Gasteiger charge is -1.99. The molecule has 0 fully saturated rings. The van der Waals surface area contributed by atoms with Crippen LogP contribution in [0.15, 0.2) is 30.3 Å². The number of hydrogen-bond donors (Lipinski definition) is 1. The van der Waals surface area contributed by atoms with Gasteiger partial charge in [0.1, 0.15) is 0 Å². The first-order chi connectivity index (χ1) is 8.27. The zero-order chi connectivity index (χ0) is 12.5. The SMILES string of the molecule is COC(=O)c1ccc(C=CCCCCO)cc1. The first-order valence-corrected chi connectivity index (χ1v) is 5.73. The number of esters is 1.